The molecular weight excluding hydrogens is 466 g/mol. The third-order valence-corrected chi connectivity index (χ3v) is 6.66. The molecule has 0 saturated heterocycles. The highest BCUT2D eigenvalue weighted by molar-refractivity contribution is 6.31. The van der Waals surface area contributed by atoms with Crippen LogP contribution in [0.2, 0.25) is 5.02 Å². The number of aromatic hydroxyl groups is 1. The molecule has 4 aromatic rings. The van der Waals surface area contributed by atoms with Crippen LogP contribution in [0.15, 0.2) is 63.8 Å². The van der Waals surface area contributed by atoms with Crippen molar-refractivity contribution in [3.05, 3.63) is 103 Å². The van der Waals surface area contributed by atoms with Crippen LogP contribution in [0.4, 0.5) is 0 Å². The summed E-state index contributed by atoms with van der Waals surface area (Å²) in [4.78, 5) is 29.2. The first-order valence-corrected chi connectivity index (χ1v) is 11.8. The van der Waals surface area contributed by atoms with Crippen molar-refractivity contribution in [1.82, 2.24) is 4.90 Å². The van der Waals surface area contributed by atoms with Crippen LogP contribution in [0.3, 0.4) is 0 Å². The van der Waals surface area contributed by atoms with E-state index in [1.54, 1.807) is 29.2 Å². The van der Waals surface area contributed by atoms with E-state index in [-0.39, 0.29) is 34.8 Å². The van der Waals surface area contributed by atoms with Crippen LogP contribution in [0.1, 0.15) is 51.3 Å². The van der Waals surface area contributed by atoms with Gasteiger partial charge in [-0.2, -0.15) is 0 Å². The molecule has 0 spiro atoms. The first-order valence-electron chi connectivity index (χ1n) is 11.4. The first-order chi connectivity index (χ1) is 16.8. The quantitative estimate of drug-likeness (QED) is 0.377. The maximum Gasteiger partial charge on any atom is 0.291 e. The molecule has 1 aliphatic rings. The summed E-state index contributed by atoms with van der Waals surface area (Å²) in [6, 6.07) is 15.1. The number of halogens is 1. The van der Waals surface area contributed by atoms with E-state index in [4.69, 9.17) is 20.8 Å². The molecular formula is C28H24ClNO5. The topological polar surface area (TPSA) is 80.0 Å². The van der Waals surface area contributed by atoms with Gasteiger partial charge < -0.3 is 19.2 Å². The van der Waals surface area contributed by atoms with Gasteiger partial charge in [0.05, 0.1) is 23.6 Å². The monoisotopic (exact) mass is 489 g/mol. The van der Waals surface area contributed by atoms with Gasteiger partial charge in [0, 0.05) is 11.6 Å². The van der Waals surface area contributed by atoms with Crippen molar-refractivity contribution in [3.8, 4) is 11.5 Å². The maximum atomic E-state index is 13.9. The molecule has 178 valence electrons. The van der Waals surface area contributed by atoms with Gasteiger partial charge in [-0.15, -0.1) is 0 Å². The Bertz CT molecular complexity index is 1540. The number of carbonyl (C=O) groups is 1. The van der Waals surface area contributed by atoms with E-state index in [0.29, 0.717) is 28.2 Å². The molecule has 1 atom stereocenters. The van der Waals surface area contributed by atoms with Crippen molar-refractivity contribution < 1.29 is 19.1 Å². The minimum atomic E-state index is -0.741. The number of phenols is 1. The zero-order valence-electron chi connectivity index (χ0n) is 19.6. The fourth-order valence-electron chi connectivity index (χ4n) is 4.77. The molecule has 0 bridgehead atoms. The molecule has 1 aromatic heterocycles. The van der Waals surface area contributed by atoms with Crippen molar-refractivity contribution in [1.29, 1.82) is 0 Å². The molecule has 1 amide bonds. The van der Waals surface area contributed by atoms with Gasteiger partial charge in [0.1, 0.15) is 5.58 Å². The van der Waals surface area contributed by atoms with E-state index in [0.717, 1.165) is 16.7 Å². The summed E-state index contributed by atoms with van der Waals surface area (Å²) in [5, 5.41) is 11.2. The normalized spacial score (nSPS) is 15.0. The number of nitrogens with zero attached hydrogens (tertiary/aromatic N) is 1. The fraction of sp³-hybridized carbons (Fsp3) is 0.214. The number of benzene rings is 3. The lowest BCUT2D eigenvalue weighted by atomic mass is 9.97. The highest BCUT2D eigenvalue weighted by Gasteiger charge is 2.43. The van der Waals surface area contributed by atoms with Crippen molar-refractivity contribution in [2.45, 2.75) is 33.4 Å². The molecule has 5 rings (SSSR count). The van der Waals surface area contributed by atoms with Crippen LogP contribution < -0.4 is 10.2 Å². The van der Waals surface area contributed by atoms with Crippen molar-refractivity contribution in [2.75, 3.05) is 6.61 Å². The molecule has 0 aliphatic carbocycles. The standard InChI is InChI=1S/C28H24ClNO5/c1-4-34-22-13-17(9-10-21(22)31)24-23-25(32)19-12-15(2)11-16(3)26(19)35-27(23)28(33)30(24)14-18-7-5-6-8-20(18)29/h5-13,24,31H,4,14H2,1-3H3. The summed E-state index contributed by atoms with van der Waals surface area (Å²) in [5.74, 6) is -0.109. The Kier molecular flexibility index (Phi) is 5.77. The second-order valence-corrected chi connectivity index (χ2v) is 9.13. The van der Waals surface area contributed by atoms with Gasteiger partial charge in [-0.1, -0.05) is 41.9 Å². The Balaban J connectivity index is 1.76. The van der Waals surface area contributed by atoms with Crippen molar-refractivity contribution in [2.24, 2.45) is 0 Å². The van der Waals surface area contributed by atoms with Gasteiger partial charge >= 0.3 is 0 Å². The minimum Gasteiger partial charge on any atom is -0.504 e. The van der Waals surface area contributed by atoms with Crippen LogP contribution in [0.25, 0.3) is 11.0 Å². The van der Waals surface area contributed by atoms with E-state index in [9.17, 15) is 14.7 Å². The van der Waals surface area contributed by atoms with Gasteiger partial charge in [-0.05, 0) is 67.3 Å². The Labute approximate surface area is 207 Å². The lowest BCUT2D eigenvalue weighted by Gasteiger charge is -2.26. The average molecular weight is 490 g/mol. The molecule has 7 heteroatoms. The van der Waals surface area contributed by atoms with E-state index < -0.39 is 11.9 Å². The van der Waals surface area contributed by atoms with Gasteiger partial charge in [-0.25, -0.2) is 0 Å². The number of phenolic OH excluding ortho intramolecular Hbond substituents is 1. The molecule has 1 unspecified atom stereocenters. The van der Waals surface area contributed by atoms with Crippen LogP contribution in [0, 0.1) is 13.8 Å². The predicted molar refractivity (Wildman–Crippen MR) is 134 cm³/mol. The molecule has 3 aromatic carbocycles. The summed E-state index contributed by atoms with van der Waals surface area (Å²) < 4.78 is 11.7. The number of rotatable bonds is 5. The van der Waals surface area contributed by atoms with Crippen LogP contribution >= 0.6 is 11.6 Å². The summed E-state index contributed by atoms with van der Waals surface area (Å²) in [5.41, 5.74) is 3.52. The summed E-state index contributed by atoms with van der Waals surface area (Å²) in [6.07, 6.45) is 0. The molecule has 1 aliphatic heterocycles. The van der Waals surface area contributed by atoms with Crippen LogP contribution in [-0.2, 0) is 6.54 Å². The van der Waals surface area contributed by atoms with Crippen molar-refractivity contribution >= 4 is 28.5 Å². The second-order valence-electron chi connectivity index (χ2n) is 8.72. The number of fused-ring (bicyclic) bond motifs is 2. The third kappa shape index (κ3) is 3.84. The predicted octanol–water partition coefficient (Wildman–Crippen LogP) is 5.91. The lowest BCUT2D eigenvalue weighted by Crippen LogP contribution is -2.29. The van der Waals surface area contributed by atoms with E-state index in [1.807, 2.05) is 45.0 Å². The molecule has 0 fully saturated rings. The third-order valence-electron chi connectivity index (χ3n) is 6.30. The maximum absolute atomic E-state index is 13.9. The molecule has 6 nitrogen and oxygen atoms in total. The number of hydrogen-bond donors (Lipinski definition) is 1. The highest BCUT2D eigenvalue weighted by Crippen LogP contribution is 2.42. The SMILES string of the molecule is CCOc1cc(C2c3c(oc4c(C)cc(C)cc4c3=O)C(=O)N2Cc2ccccc2Cl)ccc1O. The molecule has 1 N–H and O–H groups in total. The van der Waals surface area contributed by atoms with Crippen LogP contribution in [-0.4, -0.2) is 22.5 Å². The molecule has 0 saturated carbocycles. The first kappa shape index (κ1) is 23.0. The smallest absolute Gasteiger partial charge is 0.291 e. The van der Waals surface area contributed by atoms with E-state index >= 15 is 0 Å². The zero-order valence-corrected chi connectivity index (χ0v) is 20.3. The van der Waals surface area contributed by atoms with E-state index in [2.05, 4.69) is 0 Å². The summed E-state index contributed by atoms with van der Waals surface area (Å²) in [6.45, 7) is 6.12. The summed E-state index contributed by atoms with van der Waals surface area (Å²) in [7, 11) is 0. The lowest BCUT2D eigenvalue weighted by molar-refractivity contribution is 0.0714. The Morgan fingerprint density at radius 3 is 2.60 bits per heavy atom. The second kappa shape index (κ2) is 8.78. The Morgan fingerprint density at radius 1 is 1.09 bits per heavy atom. The molecule has 35 heavy (non-hydrogen) atoms. The Morgan fingerprint density at radius 2 is 1.86 bits per heavy atom. The Hall–Kier alpha value is -3.77. The van der Waals surface area contributed by atoms with Gasteiger partial charge in [0.2, 0.25) is 5.76 Å². The molecule has 0 radical (unpaired) electrons. The zero-order chi connectivity index (χ0) is 24.9. The number of carbonyl (C=O) groups excluding carboxylic acids is 1. The van der Waals surface area contributed by atoms with Gasteiger partial charge in [0.15, 0.2) is 16.9 Å². The van der Waals surface area contributed by atoms with E-state index in [1.165, 1.54) is 6.07 Å². The number of hydrogen-bond acceptors (Lipinski definition) is 5. The summed E-state index contributed by atoms with van der Waals surface area (Å²) >= 11 is 6.42. The van der Waals surface area contributed by atoms with Gasteiger partial charge in [0.25, 0.3) is 5.91 Å². The minimum absolute atomic E-state index is 0.0189. The fourth-order valence-corrected chi connectivity index (χ4v) is 4.96. The number of ether oxygens (including phenoxy) is 1. The number of amides is 1. The molecule has 2 heterocycles. The van der Waals surface area contributed by atoms with Crippen LogP contribution in [0.5, 0.6) is 11.5 Å². The van der Waals surface area contributed by atoms with Crippen molar-refractivity contribution in [3.63, 3.8) is 0 Å². The number of aryl methyl sites for hydroxylation is 2. The average Bonchev–Trinajstić information content (AvgIpc) is 3.10. The highest BCUT2D eigenvalue weighted by atomic mass is 35.5. The largest absolute Gasteiger partial charge is 0.504 e. The van der Waals surface area contributed by atoms with Gasteiger partial charge in [-0.3, -0.25) is 9.59 Å².